The van der Waals surface area contributed by atoms with Crippen LogP contribution in [0.25, 0.3) is 0 Å². The Labute approximate surface area is 226 Å². The van der Waals surface area contributed by atoms with Crippen molar-refractivity contribution in [2.75, 3.05) is 13.2 Å². The number of aliphatic hydroxyl groups excluding tert-OH is 1. The number of halogens is 1. The molecule has 0 aromatic carbocycles. The predicted molar refractivity (Wildman–Crippen MR) is 136 cm³/mol. The van der Waals surface area contributed by atoms with Crippen LogP contribution < -0.4 is 15.4 Å². The molecule has 2 heterocycles. The summed E-state index contributed by atoms with van der Waals surface area (Å²) in [5, 5.41) is 24.6. The lowest BCUT2D eigenvalue weighted by Crippen LogP contribution is -2.59. The van der Waals surface area contributed by atoms with Crippen molar-refractivity contribution in [3.8, 4) is 0 Å². The third kappa shape index (κ3) is 5.76. The number of nitrogens with zero attached hydrogens (tertiary/aromatic N) is 1. The van der Waals surface area contributed by atoms with Gasteiger partial charge in [-0.2, -0.15) is 0 Å². The largest absolute Gasteiger partial charge is 0.465 e. The third-order valence-electron chi connectivity index (χ3n) is 8.56. The van der Waals surface area contributed by atoms with Crippen molar-refractivity contribution in [1.82, 2.24) is 20.3 Å². The van der Waals surface area contributed by atoms with Crippen molar-refractivity contribution in [2.45, 2.75) is 87.3 Å². The number of allylic oxidation sites excluding steroid dienone is 1. The van der Waals surface area contributed by atoms with E-state index in [-0.39, 0.29) is 38.1 Å². The molecule has 0 aromatic heterocycles. The summed E-state index contributed by atoms with van der Waals surface area (Å²) in [5.41, 5.74) is -1.62. The molecule has 12 nitrogen and oxygen atoms in total. The maximum atomic E-state index is 13.6. The van der Waals surface area contributed by atoms with Gasteiger partial charge in [0.2, 0.25) is 21.8 Å². The summed E-state index contributed by atoms with van der Waals surface area (Å²) in [6, 6.07) is -2.36. The fraction of sp³-hybridized carbons (Fsp3) is 0.760. The third-order valence-corrected chi connectivity index (χ3v) is 10.7. The van der Waals surface area contributed by atoms with Gasteiger partial charge in [0.1, 0.15) is 29.0 Å². The van der Waals surface area contributed by atoms with Gasteiger partial charge in [0, 0.05) is 18.9 Å². The molecule has 2 aliphatic carbocycles. The van der Waals surface area contributed by atoms with Crippen LogP contribution in [0, 0.1) is 17.8 Å². The van der Waals surface area contributed by atoms with Crippen LogP contribution in [0.15, 0.2) is 12.2 Å². The minimum absolute atomic E-state index is 0.0913. The van der Waals surface area contributed by atoms with Gasteiger partial charge in [0.25, 0.3) is 5.91 Å². The molecule has 4 aliphatic rings. The number of rotatable bonds is 5. The van der Waals surface area contributed by atoms with Gasteiger partial charge in [0.15, 0.2) is 0 Å². The van der Waals surface area contributed by atoms with Gasteiger partial charge in [0.05, 0.1) is 6.10 Å². The van der Waals surface area contributed by atoms with E-state index in [2.05, 4.69) is 10.6 Å². The van der Waals surface area contributed by atoms with Gasteiger partial charge in [-0.05, 0) is 50.4 Å². The minimum Gasteiger partial charge on any atom is -0.465 e. The molecule has 39 heavy (non-hydrogen) atoms. The molecule has 14 heteroatoms. The standard InChI is InChI=1S/C25H37FN4O8S/c1-14-5-3-4-6-16-11-25(16,22(34)29-39(37,38)24(13-26)7-8-24)28-20(32)18-10-17(31)12-30(18)21(33)19(15(2)9-14)27-23(35)36/h4,6,14-19,27,31H,3,5,7-13H2,1-2H3,(H,28,32)(H,29,34)(H,35,36)/b6-4-/t14?,15-,16-,17-,18+,19+,25-/m1/s1. The van der Waals surface area contributed by atoms with Crippen molar-refractivity contribution in [1.29, 1.82) is 0 Å². The minimum atomic E-state index is -4.33. The van der Waals surface area contributed by atoms with Gasteiger partial charge in [-0.25, -0.2) is 17.6 Å². The fourth-order valence-electron chi connectivity index (χ4n) is 5.81. The Kier molecular flexibility index (Phi) is 8.01. The zero-order valence-electron chi connectivity index (χ0n) is 22.1. The Balaban J connectivity index is 1.64. The van der Waals surface area contributed by atoms with Gasteiger partial charge in [-0.15, -0.1) is 0 Å². The average molecular weight is 573 g/mol. The summed E-state index contributed by atoms with van der Waals surface area (Å²) in [6.45, 7) is 2.41. The molecule has 218 valence electrons. The Morgan fingerprint density at radius 3 is 2.54 bits per heavy atom. The van der Waals surface area contributed by atoms with E-state index in [1.165, 1.54) is 0 Å². The van der Waals surface area contributed by atoms with Crippen LogP contribution in [0.2, 0.25) is 0 Å². The highest BCUT2D eigenvalue weighted by molar-refractivity contribution is 7.91. The summed E-state index contributed by atoms with van der Waals surface area (Å²) >= 11 is 0. The smallest absolute Gasteiger partial charge is 0.405 e. The first-order chi connectivity index (χ1) is 18.2. The molecule has 0 aromatic rings. The number of sulfonamides is 1. The zero-order valence-corrected chi connectivity index (χ0v) is 22.9. The van der Waals surface area contributed by atoms with E-state index in [1.54, 1.807) is 13.0 Å². The lowest BCUT2D eigenvalue weighted by atomic mass is 9.88. The van der Waals surface area contributed by atoms with Crippen LogP contribution in [0.5, 0.6) is 0 Å². The fourth-order valence-corrected chi connectivity index (χ4v) is 7.24. The topological polar surface area (TPSA) is 182 Å². The van der Waals surface area contributed by atoms with Crippen LogP contribution in [-0.2, 0) is 24.4 Å². The van der Waals surface area contributed by atoms with E-state index in [4.69, 9.17) is 0 Å². The number of hydrogen-bond donors (Lipinski definition) is 5. The number of carboxylic acid groups (broad SMARTS) is 1. The van der Waals surface area contributed by atoms with E-state index < -0.39 is 80.8 Å². The van der Waals surface area contributed by atoms with Crippen molar-refractivity contribution < 1.29 is 42.2 Å². The molecule has 3 fully saturated rings. The quantitative estimate of drug-likeness (QED) is 0.294. The van der Waals surface area contributed by atoms with Gasteiger partial charge in [-0.1, -0.05) is 26.0 Å². The molecule has 1 saturated heterocycles. The maximum Gasteiger partial charge on any atom is 0.405 e. The second-order valence-electron chi connectivity index (χ2n) is 11.7. The lowest BCUT2D eigenvalue weighted by molar-refractivity contribution is -0.142. The molecule has 0 spiro atoms. The number of carbonyl (C=O) groups excluding carboxylic acids is 3. The van der Waals surface area contributed by atoms with Gasteiger partial charge < -0.3 is 25.7 Å². The van der Waals surface area contributed by atoms with Crippen molar-refractivity contribution in [3.63, 3.8) is 0 Å². The summed E-state index contributed by atoms with van der Waals surface area (Å²) in [6.07, 6.45) is 3.18. The first-order valence-corrected chi connectivity index (χ1v) is 14.8. The maximum absolute atomic E-state index is 13.6. The highest BCUT2D eigenvalue weighted by Gasteiger charge is 2.64. The van der Waals surface area contributed by atoms with Crippen LogP contribution in [-0.4, -0.2) is 89.0 Å². The van der Waals surface area contributed by atoms with Crippen LogP contribution in [0.3, 0.4) is 0 Å². The van der Waals surface area contributed by atoms with Crippen molar-refractivity contribution in [2.24, 2.45) is 17.8 Å². The summed E-state index contributed by atoms with van der Waals surface area (Å²) < 4.78 is 39.3. The first kappa shape index (κ1) is 29.2. The Hall–Kier alpha value is -2.74. The molecule has 0 radical (unpaired) electrons. The molecule has 5 N–H and O–H groups in total. The predicted octanol–water partition coefficient (Wildman–Crippen LogP) is 0.420. The van der Waals surface area contributed by atoms with Gasteiger partial charge >= 0.3 is 6.09 Å². The number of carbonyl (C=O) groups is 4. The lowest BCUT2D eigenvalue weighted by Gasteiger charge is -2.32. The molecular formula is C25H37FN4O8S. The second-order valence-corrected chi connectivity index (χ2v) is 13.7. The summed E-state index contributed by atoms with van der Waals surface area (Å²) in [7, 11) is -4.33. The van der Waals surface area contributed by atoms with Gasteiger partial charge in [-0.3, -0.25) is 19.1 Å². The molecule has 4 amide bonds. The SMILES string of the molecule is CC1CC/C=C\[C@@H]2C[C@@]2(C(=O)NS(=O)(=O)C2(CF)CC2)NC(=O)[C@@H]2C[C@@H](O)CN2C(=O)[C@@H](NC(=O)O)[C@H](C)C1. The first-order valence-electron chi connectivity index (χ1n) is 13.3. The Morgan fingerprint density at radius 1 is 1.23 bits per heavy atom. The van der Waals surface area contributed by atoms with Crippen molar-refractivity contribution >= 4 is 33.8 Å². The molecule has 7 atom stereocenters. The van der Waals surface area contributed by atoms with E-state index >= 15 is 0 Å². The van der Waals surface area contributed by atoms with E-state index in [9.17, 15) is 42.2 Å². The Bertz CT molecular complexity index is 1160. The number of alkyl halides is 1. The Morgan fingerprint density at radius 2 is 1.92 bits per heavy atom. The van der Waals surface area contributed by atoms with E-state index in [0.29, 0.717) is 19.3 Å². The number of aliphatic hydroxyl groups is 1. The molecular weight excluding hydrogens is 535 g/mol. The monoisotopic (exact) mass is 572 g/mol. The van der Waals surface area contributed by atoms with Crippen LogP contribution in [0.1, 0.15) is 58.8 Å². The van der Waals surface area contributed by atoms with Crippen molar-refractivity contribution in [3.05, 3.63) is 12.2 Å². The van der Waals surface area contributed by atoms with Crippen LogP contribution >= 0.6 is 0 Å². The molecule has 2 saturated carbocycles. The highest BCUT2D eigenvalue weighted by atomic mass is 32.2. The highest BCUT2D eigenvalue weighted by Crippen LogP contribution is 2.47. The zero-order chi connectivity index (χ0) is 28.8. The number of amides is 4. The normalized spacial score (nSPS) is 37.3. The second kappa shape index (κ2) is 10.7. The van der Waals surface area contributed by atoms with E-state index in [1.807, 2.05) is 17.7 Å². The summed E-state index contributed by atoms with van der Waals surface area (Å²) in [4.78, 5) is 53.0. The average Bonchev–Trinajstić information content (AvgIpc) is 3.75. The number of hydrogen-bond acceptors (Lipinski definition) is 7. The summed E-state index contributed by atoms with van der Waals surface area (Å²) in [5.74, 6) is -3.20. The van der Waals surface area contributed by atoms with E-state index in [0.717, 1.165) is 4.90 Å². The molecule has 4 rings (SSSR count). The number of fused-ring (bicyclic) bond motifs is 2. The van der Waals surface area contributed by atoms with Crippen LogP contribution in [0.4, 0.5) is 9.18 Å². The molecule has 2 aliphatic heterocycles. The molecule has 0 bridgehead atoms. The number of nitrogens with one attached hydrogen (secondary N) is 3. The molecule has 1 unspecified atom stereocenters.